The maximum atomic E-state index is 12.1. The number of benzene rings is 1. The van der Waals surface area contributed by atoms with E-state index in [1.54, 1.807) is 0 Å². The van der Waals surface area contributed by atoms with Crippen molar-refractivity contribution in [3.05, 3.63) is 30.3 Å². The zero-order valence-corrected chi connectivity index (χ0v) is 10.8. The molecular weight excluding hydrogens is 228 g/mol. The molecule has 1 aromatic rings. The Morgan fingerprint density at radius 3 is 2.53 bits per heavy atom. The summed E-state index contributed by atoms with van der Waals surface area (Å²) in [5, 5.41) is 0. The topological polar surface area (TPSA) is 17.1 Å². The van der Waals surface area contributed by atoms with Gasteiger partial charge in [0.2, 0.25) is 0 Å². The minimum absolute atomic E-state index is 0.263. The average molecular weight is 246 g/mol. The highest BCUT2D eigenvalue weighted by Crippen LogP contribution is 2.58. The molecule has 2 aliphatic rings. The second-order valence-electron chi connectivity index (χ2n) is 5.24. The summed E-state index contributed by atoms with van der Waals surface area (Å²) in [4.78, 5) is 13.4. The second kappa shape index (κ2) is 4.49. The molecule has 17 heavy (non-hydrogen) atoms. The third-order valence-corrected chi connectivity index (χ3v) is 5.60. The van der Waals surface area contributed by atoms with Crippen molar-refractivity contribution in [1.82, 2.24) is 0 Å². The van der Waals surface area contributed by atoms with Gasteiger partial charge in [0.1, 0.15) is 5.78 Å². The Morgan fingerprint density at radius 1 is 1.12 bits per heavy atom. The number of ketones is 1. The molecule has 2 heteroatoms. The predicted octanol–water partition coefficient (Wildman–Crippen LogP) is 4.07. The third kappa shape index (κ3) is 2.28. The molecule has 1 unspecified atom stereocenters. The van der Waals surface area contributed by atoms with E-state index in [1.165, 1.54) is 24.2 Å². The number of hydrogen-bond acceptors (Lipinski definition) is 2. The second-order valence-corrected chi connectivity index (χ2v) is 6.73. The standard InChI is InChI=1S/C15H18OS/c16-14-9-5-4-8-13(14)15(10-11-15)17-12-6-2-1-3-7-12/h1-3,6-7,13H,4-5,8-11H2. The van der Waals surface area contributed by atoms with Crippen molar-refractivity contribution in [2.75, 3.05) is 0 Å². The van der Waals surface area contributed by atoms with E-state index in [4.69, 9.17) is 0 Å². The summed E-state index contributed by atoms with van der Waals surface area (Å²) >= 11 is 1.95. The van der Waals surface area contributed by atoms with Crippen molar-refractivity contribution in [2.45, 2.75) is 48.2 Å². The Labute approximate surface area is 107 Å². The van der Waals surface area contributed by atoms with Crippen molar-refractivity contribution in [2.24, 2.45) is 5.92 Å². The van der Waals surface area contributed by atoms with Crippen molar-refractivity contribution < 1.29 is 4.79 Å². The van der Waals surface area contributed by atoms with Crippen LogP contribution >= 0.6 is 11.8 Å². The monoisotopic (exact) mass is 246 g/mol. The highest BCUT2D eigenvalue weighted by Gasteiger charge is 2.52. The lowest BCUT2D eigenvalue weighted by Crippen LogP contribution is -2.30. The maximum absolute atomic E-state index is 12.1. The van der Waals surface area contributed by atoms with Crippen LogP contribution in [-0.4, -0.2) is 10.5 Å². The van der Waals surface area contributed by atoms with E-state index in [-0.39, 0.29) is 4.75 Å². The van der Waals surface area contributed by atoms with Crippen molar-refractivity contribution in [1.29, 1.82) is 0 Å². The van der Waals surface area contributed by atoms with Crippen LogP contribution in [-0.2, 0) is 4.79 Å². The Hall–Kier alpha value is -0.760. The van der Waals surface area contributed by atoms with Crippen LogP contribution in [0, 0.1) is 5.92 Å². The summed E-state index contributed by atoms with van der Waals surface area (Å²) in [5.41, 5.74) is 0. The molecule has 1 atom stereocenters. The molecule has 0 radical (unpaired) electrons. The summed E-state index contributed by atoms with van der Waals surface area (Å²) < 4.78 is 0.263. The van der Waals surface area contributed by atoms with E-state index in [9.17, 15) is 4.79 Å². The molecule has 0 aromatic heterocycles. The SMILES string of the molecule is O=C1CCCCC1C1(Sc2ccccc2)CC1. The Balaban J connectivity index is 1.75. The summed E-state index contributed by atoms with van der Waals surface area (Å²) in [5.74, 6) is 0.860. The maximum Gasteiger partial charge on any atom is 0.137 e. The fraction of sp³-hybridized carbons (Fsp3) is 0.533. The summed E-state index contributed by atoms with van der Waals surface area (Å²) in [6, 6.07) is 10.5. The molecule has 2 fully saturated rings. The van der Waals surface area contributed by atoms with Gasteiger partial charge in [0.25, 0.3) is 0 Å². The zero-order valence-electron chi connectivity index (χ0n) is 10.0. The molecule has 1 nitrogen and oxygen atoms in total. The van der Waals surface area contributed by atoms with Gasteiger partial charge >= 0.3 is 0 Å². The quantitative estimate of drug-likeness (QED) is 0.799. The molecule has 0 aliphatic heterocycles. The molecule has 2 aliphatic carbocycles. The Kier molecular flexibility index (Phi) is 2.99. The van der Waals surface area contributed by atoms with E-state index < -0.39 is 0 Å². The van der Waals surface area contributed by atoms with Gasteiger partial charge in [0, 0.05) is 22.0 Å². The molecule has 3 rings (SSSR count). The van der Waals surface area contributed by atoms with Crippen LogP contribution in [0.3, 0.4) is 0 Å². The zero-order chi connectivity index (χ0) is 11.7. The van der Waals surface area contributed by atoms with Gasteiger partial charge in [-0.3, -0.25) is 4.79 Å². The molecule has 0 N–H and O–H groups in total. The number of thioether (sulfide) groups is 1. The Bertz CT molecular complexity index is 408. The van der Waals surface area contributed by atoms with Gasteiger partial charge < -0.3 is 0 Å². The summed E-state index contributed by atoms with van der Waals surface area (Å²) in [6.45, 7) is 0. The fourth-order valence-electron chi connectivity index (χ4n) is 2.91. The first kappa shape index (κ1) is 11.3. The molecule has 0 amide bonds. The third-order valence-electron chi connectivity index (χ3n) is 4.00. The van der Waals surface area contributed by atoms with Gasteiger partial charge in [0.15, 0.2) is 0 Å². The van der Waals surface area contributed by atoms with Crippen molar-refractivity contribution in [3.8, 4) is 0 Å². The molecular formula is C15H18OS. The lowest BCUT2D eigenvalue weighted by molar-refractivity contribution is -0.124. The van der Waals surface area contributed by atoms with Gasteiger partial charge in [0.05, 0.1) is 0 Å². The molecule has 90 valence electrons. The van der Waals surface area contributed by atoms with Crippen LogP contribution in [0.4, 0.5) is 0 Å². The van der Waals surface area contributed by atoms with E-state index >= 15 is 0 Å². The minimum Gasteiger partial charge on any atom is -0.299 e. The van der Waals surface area contributed by atoms with Gasteiger partial charge in [-0.2, -0.15) is 0 Å². The lowest BCUT2D eigenvalue weighted by Gasteiger charge is -2.28. The smallest absolute Gasteiger partial charge is 0.137 e. The number of carbonyl (C=O) groups excluding carboxylic acids is 1. The summed E-state index contributed by atoms with van der Waals surface area (Å²) in [7, 11) is 0. The highest BCUT2D eigenvalue weighted by molar-refractivity contribution is 8.01. The van der Waals surface area contributed by atoms with E-state index in [0.29, 0.717) is 11.7 Å². The lowest BCUT2D eigenvalue weighted by atomic mass is 9.84. The highest BCUT2D eigenvalue weighted by atomic mass is 32.2. The van der Waals surface area contributed by atoms with Gasteiger partial charge in [-0.25, -0.2) is 0 Å². The number of rotatable bonds is 3. The first-order valence-electron chi connectivity index (χ1n) is 6.57. The molecule has 1 aromatic carbocycles. The largest absolute Gasteiger partial charge is 0.299 e. The van der Waals surface area contributed by atoms with E-state index in [1.807, 2.05) is 11.8 Å². The first-order chi connectivity index (χ1) is 8.30. The molecule has 2 saturated carbocycles. The fourth-order valence-corrected chi connectivity index (χ4v) is 4.37. The average Bonchev–Trinajstić information content (AvgIpc) is 3.12. The van der Waals surface area contributed by atoms with Gasteiger partial charge in [-0.05, 0) is 37.8 Å². The van der Waals surface area contributed by atoms with Crippen LogP contribution in [0.2, 0.25) is 0 Å². The van der Waals surface area contributed by atoms with Crippen LogP contribution < -0.4 is 0 Å². The molecule has 0 spiro atoms. The van der Waals surface area contributed by atoms with Gasteiger partial charge in [-0.15, -0.1) is 11.8 Å². The normalized spacial score (nSPS) is 26.8. The van der Waals surface area contributed by atoms with Crippen LogP contribution in [0.15, 0.2) is 35.2 Å². The van der Waals surface area contributed by atoms with Crippen molar-refractivity contribution in [3.63, 3.8) is 0 Å². The van der Waals surface area contributed by atoms with E-state index in [2.05, 4.69) is 30.3 Å². The molecule has 0 bridgehead atoms. The number of hydrogen-bond donors (Lipinski definition) is 0. The molecule has 0 heterocycles. The minimum atomic E-state index is 0.263. The van der Waals surface area contributed by atoms with Crippen LogP contribution in [0.1, 0.15) is 38.5 Å². The Morgan fingerprint density at radius 2 is 1.88 bits per heavy atom. The summed E-state index contributed by atoms with van der Waals surface area (Å²) in [6.07, 6.45) is 6.75. The number of carbonyl (C=O) groups is 1. The molecule has 0 saturated heterocycles. The van der Waals surface area contributed by atoms with Crippen LogP contribution in [0.25, 0.3) is 0 Å². The van der Waals surface area contributed by atoms with Crippen LogP contribution in [0.5, 0.6) is 0 Å². The number of Topliss-reactive ketones (excluding diaryl/α,β-unsaturated/α-hetero) is 1. The van der Waals surface area contributed by atoms with Crippen molar-refractivity contribution >= 4 is 17.5 Å². The van der Waals surface area contributed by atoms with E-state index in [0.717, 1.165) is 19.3 Å². The first-order valence-corrected chi connectivity index (χ1v) is 7.39. The predicted molar refractivity (Wildman–Crippen MR) is 71.2 cm³/mol. The van der Waals surface area contributed by atoms with Gasteiger partial charge in [-0.1, -0.05) is 24.6 Å².